The fourth-order valence-corrected chi connectivity index (χ4v) is 1.42. The highest BCUT2D eigenvalue weighted by atomic mass is 35.5. The van der Waals surface area contributed by atoms with Gasteiger partial charge in [0, 0.05) is 0 Å². The summed E-state index contributed by atoms with van der Waals surface area (Å²) in [5, 5.41) is 0.781. The summed E-state index contributed by atoms with van der Waals surface area (Å²) < 4.78 is 10.1. The van der Waals surface area contributed by atoms with Gasteiger partial charge in [0.2, 0.25) is 0 Å². The van der Waals surface area contributed by atoms with E-state index in [4.69, 9.17) is 32.7 Å². The minimum Gasteiger partial charge on any atom is -0.491 e. The van der Waals surface area contributed by atoms with Crippen LogP contribution in [0.5, 0.6) is 5.75 Å². The van der Waals surface area contributed by atoms with Crippen molar-refractivity contribution in [3.05, 3.63) is 28.2 Å². The van der Waals surface area contributed by atoms with Crippen LogP contribution in [0.2, 0.25) is 10.0 Å². The molecule has 1 rings (SSSR count). The van der Waals surface area contributed by atoms with E-state index in [0.717, 1.165) is 0 Å². The maximum atomic E-state index is 11.0. The van der Waals surface area contributed by atoms with E-state index in [1.54, 1.807) is 25.1 Å². The van der Waals surface area contributed by atoms with Crippen LogP contribution >= 0.6 is 23.2 Å². The van der Waals surface area contributed by atoms with E-state index >= 15 is 0 Å². The second kappa shape index (κ2) is 6.61. The molecule has 5 heteroatoms. The van der Waals surface area contributed by atoms with Crippen molar-refractivity contribution < 1.29 is 14.3 Å². The molecule has 0 atom stereocenters. The number of hydrogen-bond acceptors (Lipinski definition) is 3. The highest BCUT2D eigenvalue weighted by Gasteiger charge is 2.07. The molecule has 0 amide bonds. The molecular weight excluding hydrogens is 251 g/mol. The Bertz CT molecular complexity index is 366. The lowest BCUT2D eigenvalue weighted by Gasteiger charge is -2.08. The van der Waals surface area contributed by atoms with Gasteiger partial charge >= 0.3 is 5.97 Å². The minimum absolute atomic E-state index is 0.191. The third-order valence-corrected chi connectivity index (χ3v) is 2.59. The first-order chi connectivity index (χ1) is 7.65. The Morgan fingerprint density at radius 2 is 2.12 bits per heavy atom. The molecule has 0 aliphatic carbocycles. The van der Waals surface area contributed by atoms with Crippen LogP contribution in [0.25, 0.3) is 0 Å². The van der Waals surface area contributed by atoms with Crippen LogP contribution < -0.4 is 4.74 Å². The van der Waals surface area contributed by atoms with Gasteiger partial charge in [0.05, 0.1) is 24.7 Å². The lowest BCUT2D eigenvalue weighted by atomic mass is 10.3. The van der Waals surface area contributed by atoms with Gasteiger partial charge in [-0.25, -0.2) is 0 Å². The fourth-order valence-electron chi connectivity index (χ4n) is 1.07. The predicted octanol–water partition coefficient (Wildman–Crippen LogP) is 3.33. The van der Waals surface area contributed by atoms with Gasteiger partial charge in [0.25, 0.3) is 0 Å². The summed E-state index contributed by atoms with van der Waals surface area (Å²) in [4.78, 5) is 11.0. The molecule has 1 aromatic rings. The number of ether oxygens (including phenoxy) is 2. The van der Waals surface area contributed by atoms with Gasteiger partial charge in [-0.15, -0.1) is 0 Å². The monoisotopic (exact) mass is 262 g/mol. The van der Waals surface area contributed by atoms with E-state index in [1.807, 2.05) is 0 Å². The molecule has 0 fully saturated rings. The molecule has 0 heterocycles. The molecule has 3 nitrogen and oxygen atoms in total. The number of halogens is 2. The van der Waals surface area contributed by atoms with Crippen LogP contribution in [-0.4, -0.2) is 19.2 Å². The zero-order chi connectivity index (χ0) is 12.0. The number of carbonyl (C=O) groups excluding carboxylic acids is 1. The number of carbonyl (C=O) groups is 1. The molecule has 1 aromatic carbocycles. The van der Waals surface area contributed by atoms with Crippen molar-refractivity contribution in [2.24, 2.45) is 0 Å². The third-order valence-electron chi connectivity index (χ3n) is 1.79. The molecule has 16 heavy (non-hydrogen) atoms. The Labute approximate surface area is 104 Å². The zero-order valence-corrected chi connectivity index (χ0v) is 10.3. The summed E-state index contributed by atoms with van der Waals surface area (Å²) in [6.07, 6.45) is 0.191. The maximum Gasteiger partial charge on any atom is 0.309 e. The molecule has 88 valence electrons. The first-order valence-corrected chi connectivity index (χ1v) is 5.63. The molecule has 0 N–H and O–H groups in total. The molecule has 0 saturated heterocycles. The Morgan fingerprint density at radius 1 is 1.38 bits per heavy atom. The molecule has 0 aliphatic rings. The van der Waals surface area contributed by atoms with Crippen molar-refractivity contribution in [2.45, 2.75) is 13.3 Å². The SMILES string of the molecule is CCOC(=O)CCOc1cccc(Cl)c1Cl. The minimum atomic E-state index is -0.291. The van der Waals surface area contributed by atoms with Crippen LogP contribution in [-0.2, 0) is 9.53 Å². The van der Waals surface area contributed by atoms with Crippen LogP contribution in [0, 0.1) is 0 Å². The van der Waals surface area contributed by atoms with E-state index in [0.29, 0.717) is 22.4 Å². The molecule has 0 saturated carbocycles. The van der Waals surface area contributed by atoms with Gasteiger partial charge in [0.15, 0.2) is 0 Å². The van der Waals surface area contributed by atoms with Crippen molar-refractivity contribution in [1.29, 1.82) is 0 Å². The van der Waals surface area contributed by atoms with Crippen LogP contribution in [0.15, 0.2) is 18.2 Å². The first-order valence-electron chi connectivity index (χ1n) is 4.87. The number of benzene rings is 1. The molecule has 0 bridgehead atoms. The molecule has 0 unspecified atom stereocenters. The summed E-state index contributed by atoms with van der Waals surface area (Å²) in [5.74, 6) is 0.180. The van der Waals surface area contributed by atoms with Gasteiger partial charge in [-0.1, -0.05) is 29.3 Å². The van der Waals surface area contributed by atoms with Crippen molar-refractivity contribution in [1.82, 2.24) is 0 Å². The van der Waals surface area contributed by atoms with Gasteiger partial charge in [0.1, 0.15) is 10.8 Å². The largest absolute Gasteiger partial charge is 0.491 e. The highest BCUT2D eigenvalue weighted by Crippen LogP contribution is 2.31. The van der Waals surface area contributed by atoms with E-state index in [9.17, 15) is 4.79 Å². The van der Waals surface area contributed by atoms with E-state index in [-0.39, 0.29) is 19.0 Å². The van der Waals surface area contributed by atoms with Crippen LogP contribution in [0.3, 0.4) is 0 Å². The molecular formula is C11H12Cl2O3. The number of rotatable bonds is 5. The third kappa shape index (κ3) is 3.91. The maximum absolute atomic E-state index is 11.0. The van der Waals surface area contributed by atoms with Gasteiger partial charge in [-0.2, -0.15) is 0 Å². The highest BCUT2D eigenvalue weighted by molar-refractivity contribution is 6.42. The number of hydrogen-bond donors (Lipinski definition) is 0. The average Bonchev–Trinajstić information content (AvgIpc) is 2.25. The lowest BCUT2D eigenvalue weighted by Crippen LogP contribution is -2.09. The van der Waals surface area contributed by atoms with E-state index in [2.05, 4.69) is 0 Å². The van der Waals surface area contributed by atoms with Crippen molar-refractivity contribution >= 4 is 29.2 Å². The van der Waals surface area contributed by atoms with Gasteiger partial charge in [-0.3, -0.25) is 4.79 Å². The summed E-state index contributed by atoms with van der Waals surface area (Å²) in [6, 6.07) is 5.09. The number of esters is 1. The standard InChI is InChI=1S/C11H12Cl2O3/c1-2-15-10(14)6-7-16-9-5-3-4-8(12)11(9)13/h3-5H,2,6-7H2,1H3. The van der Waals surface area contributed by atoms with Crippen LogP contribution in [0.1, 0.15) is 13.3 Å². The summed E-state index contributed by atoms with van der Waals surface area (Å²) in [5.41, 5.74) is 0. The Balaban J connectivity index is 2.43. The smallest absolute Gasteiger partial charge is 0.309 e. The lowest BCUT2D eigenvalue weighted by molar-refractivity contribution is -0.143. The molecule has 0 aliphatic heterocycles. The quantitative estimate of drug-likeness (QED) is 0.764. The second-order valence-corrected chi connectivity index (χ2v) is 3.74. The van der Waals surface area contributed by atoms with Gasteiger partial charge < -0.3 is 9.47 Å². The second-order valence-electron chi connectivity index (χ2n) is 2.96. The van der Waals surface area contributed by atoms with Crippen molar-refractivity contribution in [3.63, 3.8) is 0 Å². The van der Waals surface area contributed by atoms with Crippen LogP contribution in [0.4, 0.5) is 0 Å². The molecule has 0 spiro atoms. The van der Waals surface area contributed by atoms with E-state index < -0.39 is 0 Å². The summed E-state index contributed by atoms with van der Waals surface area (Å²) in [7, 11) is 0. The van der Waals surface area contributed by atoms with Gasteiger partial charge in [-0.05, 0) is 19.1 Å². The molecule has 0 aromatic heterocycles. The fraction of sp³-hybridized carbons (Fsp3) is 0.364. The van der Waals surface area contributed by atoms with Crippen molar-refractivity contribution in [2.75, 3.05) is 13.2 Å². The normalized spacial score (nSPS) is 9.94. The van der Waals surface area contributed by atoms with Crippen molar-refractivity contribution in [3.8, 4) is 5.75 Å². The Hall–Kier alpha value is -0.930. The Kier molecular flexibility index (Phi) is 5.43. The summed E-state index contributed by atoms with van der Waals surface area (Å²) in [6.45, 7) is 2.35. The Morgan fingerprint density at radius 3 is 2.81 bits per heavy atom. The zero-order valence-electron chi connectivity index (χ0n) is 8.83. The van der Waals surface area contributed by atoms with E-state index in [1.165, 1.54) is 0 Å². The topological polar surface area (TPSA) is 35.5 Å². The molecule has 0 radical (unpaired) electrons. The average molecular weight is 263 g/mol. The summed E-state index contributed by atoms with van der Waals surface area (Å²) >= 11 is 11.7. The first kappa shape index (κ1) is 13.1. The predicted molar refractivity (Wildman–Crippen MR) is 63.2 cm³/mol.